The summed E-state index contributed by atoms with van der Waals surface area (Å²) in [5.74, 6) is 2.74. The van der Waals surface area contributed by atoms with E-state index < -0.39 is 0 Å². The SMILES string of the molecule is COc1cc(C(C)NC(=O)CC(C)C2CCNCC2)ccc1OC1CCCC1.Cl. The molecule has 29 heavy (non-hydrogen) atoms. The average molecular weight is 425 g/mol. The van der Waals surface area contributed by atoms with Crippen LogP contribution < -0.4 is 20.1 Å². The van der Waals surface area contributed by atoms with Crippen LogP contribution in [0.25, 0.3) is 0 Å². The molecule has 0 bridgehead atoms. The van der Waals surface area contributed by atoms with Crippen molar-refractivity contribution in [1.82, 2.24) is 10.6 Å². The monoisotopic (exact) mass is 424 g/mol. The summed E-state index contributed by atoms with van der Waals surface area (Å²) in [5, 5.41) is 6.55. The van der Waals surface area contributed by atoms with Crippen molar-refractivity contribution in [3.63, 3.8) is 0 Å². The lowest BCUT2D eigenvalue weighted by Gasteiger charge is -2.28. The van der Waals surface area contributed by atoms with E-state index in [1.807, 2.05) is 25.1 Å². The molecule has 2 unspecified atom stereocenters. The Kier molecular flexibility index (Phi) is 9.57. The number of carbonyl (C=O) groups excluding carboxylic acids is 1. The minimum Gasteiger partial charge on any atom is -0.493 e. The Morgan fingerprint density at radius 1 is 1.14 bits per heavy atom. The van der Waals surface area contributed by atoms with Gasteiger partial charge in [0.2, 0.25) is 5.91 Å². The molecular formula is C23H37ClN2O3. The molecule has 6 heteroatoms. The zero-order chi connectivity index (χ0) is 19.9. The number of hydrogen-bond acceptors (Lipinski definition) is 4. The van der Waals surface area contributed by atoms with Crippen LogP contribution in [0.15, 0.2) is 18.2 Å². The number of carbonyl (C=O) groups is 1. The highest BCUT2D eigenvalue weighted by atomic mass is 35.5. The van der Waals surface area contributed by atoms with E-state index in [1.165, 1.54) is 25.7 Å². The highest BCUT2D eigenvalue weighted by Crippen LogP contribution is 2.34. The van der Waals surface area contributed by atoms with Crippen molar-refractivity contribution < 1.29 is 14.3 Å². The van der Waals surface area contributed by atoms with Gasteiger partial charge in [-0.3, -0.25) is 4.79 Å². The van der Waals surface area contributed by atoms with Crippen LogP contribution in [0.4, 0.5) is 0 Å². The number of amides is 1. The predicted octanol–water partition coefficient (Wildman–Crippen LogP) is 4.64. The predicted molar refractivity (Wildman–Crippen MR) is 119 cm³/mol. The molecule has 3 rings (SSSR count). The van der Waals surface area contributed by atoms with Gasteiger partial charge >= 0.3 is 0 Å². The lowest BCUT2D eigenvalue weighted by Crippen LogP contribution is -2.34. The highest BCUT2D eigenvalue weighted by molar-refractivity contribution is 5.85. The maximum Gasteiger partial charge on any atom is 0.220 e. The van der Waals surface area contributed by atoms with E-state index in [-0.39, 0.29) is 24.4 Å². The first-order valence-corrected chi connectivity index (χ1v) is 10.9. The van der Waals surface area contributed by atoms with Gasteiger partial charge in [0.1, 0.15) is 0 Å². The first-order valence-electron chi connectivity index (χ1n) is 10.9. The van der Waals surface area contributed by atoms with E-state index in [2.05, 4.69) is 17.6 Å². The quantitative estimate of drug-likeness (QED) is 0.638. The Bertz CT molecular complexity index is 643. The van der Waals surface area contributed by atoms with Gasteiger partial charge in [0.25, 0.3) is 0 Å². The molecule has 1 aromatic rings. The Morgan fingerprint density at radius 2 is 1.83 bits per heavy atom. The number of hydrogen-bond donors (Lipinski definition) is 2. The number of benzene rings is 1. The molecule has 1 aromatic carbocycles. The molecule has 1 saturated heterocycles. The summed E-state index contributed by atoms with van der Waals surface area (Å²) in [6.07, 6.45) is 7.95. The molecule has 164 valence electrons. The molecule has 0 spiro atoms. The summed E-state index contributed by atoms with van der Waals surface area (Å²) in [6, 6.07) is 5.95. The third kappa shape index (κ3) is 6.78. The molecule has 2 aliphatic rings. The topological polar surface area (TPSA) is 59.6 Å². The largest absolute Gasteiger partial charge is 0.493 e. The van der Waals surface area contributed by atoms with E-state index in [1.54, 1.807) is 7.11 Å². The molecule has 2 fully saturated rings. The summed E-state index contributed by atoms with van der Waals surface area (Å²) < 4.78 is 11.7. The van der Waals surface area contributed by atoms with Crippen molar-refractivity contribution in [2.45, 2.75) is 70.9 Å². The Hall–Kier alpha value is -1.46. The average Bonchev–Trinajstić information content (AvgIpc) is 3.21. The molecule has 1 saturated carbocycles. The van der Waals surface area contributed by atoms with E-state index in [4.69, 9.17) is 9.47 Å². The van der Waals surface area contributed by atoms with E-state index in [0.29, 0.717) is 24.4 Å². The van der Waals surface area contributed by atoms with Crippen molar-refractivity contribution in [3.8, 4) is 11.5 Å². The van der Waals surface area contributed by atoms with Gasteiger partial charge in [-0.25, -0.2) is 0 Å². The number of ether oxygens (including phenoxy) is 2. The molecular weight excluding hydrogens is 388 g/mol. The van der Waals surface area contributed by atoms with E-state index >= 15 is 0 Å². The number of nitrogens with one attached hydrogen (secondary N) is 2. The number of methoxy groups -OCH3 is 1. The number of rotatable bonds is 8. The fourth-order valence-corrected chi connectivity index (χ4v) is 4.49. The van der Waals surface area contributed by atoms with Crippen LogP contribution in [-0.2, 0) is 4.79 Å². The Balaban J connectivity index is 0.00000300. The minimum absolute atomic E-state index is 0. The van der Waals surface area contributed by atoms with Gasteiger partial charge in [-0.1, -0.05) is 13.0 Å². The lowest BCUT2D eigenvalue weighted by atomic mass is 9.84. The van der Waals surface area contributed by atoms with Gasteiger partial charge in [0.15, 0.2) is 11.5 Å². The third-order valence-corrected chi connectivity index (χ3v) is 6.36. The van der Waals surface area contributed by atoms with Crippen LogP contribution in [-0.4, -0.2) is 32.2 Å². The third-order valence-electron chi connectivity index (χ3n) is 6.36. The second kappa shape index (κ2) is 11.7. The van der Waals surface area contributed by atoms with Gasteiger partial charge in [-0.15, -0.1) is 12.4 Å². The van der Waals surface area contributed by atoms with Crippen molar-refractivity contribution in [2.24, 2.45) is 11.8 Å². The Morgan fingerprint density at radius 3 is 2.48 bits per heavy atom. The van der Waals surface area contributed by atoms with Crippen LogP contribution in [0, 0.1) is 11.8 Å². The van der Waals surface area contributed by atoms with Crippen LogP contribution in [0.5, 0.6) is 11.5 Å². The second-order valence-electron chi connectivity index (χ2n) is 8.49. The molecule has 2 N–H and O–H groups in total. The fraction of sp³-hybridized carbons (Fsp3) is 0.696. The molecule has 0 radical (unpaired) electrons. The van der Waals surface area contributed by atoms with Gasteiger partial charge in [-0.2, -0.15) is 0 Å². The molecule has 1 heterocycles. The summed E-state index contributed by atoms with van der Waals surface area (Å²) >= 11 is 0. The van der Waals surface area contributed by atoms with Crippen LogP contribution in [0.1, 0.15) is 70.4 Å². The van der Waals surface area contributed by atoms with Crippen molar-refractivity contribution in [3.05, 3.63) is 23.8 Å². The van der Waals surface area contributed by atoms with Crippen molar-refractivity contribution in [1.29, 1.82) is 0 Å². The summed E-state index contributed by atoms with van der Waals surface area (Å²) in [6.45, 7) is 6.38. The lowest BCUT2D eigenvalue weighted by molar-refractivity contribution is -0.123. The molecule has 1 amide bonds. The number of piperidine rings is 1. The summed E-state index contributed by atoms with van der Waals surface area (Å²) in [5.41, 5.74) is 1.04. The molecule has 1 aliphatic carbocycles. The normalized spacial score (nSPS) is 19.8. The maximum atomic E-state index is 12.5. The fourth-order valence-electron chi connectivity index (χ4n) is 4.49. The second-order valence-corrected chi connectivity index (χ2v) is 8.49. The summed E-state index contributed by atoms with van der Waals surface area (Å²) in [4.78, 5) is 12.5. The van der Waals surface area contributed by atoms with Gasteiger partial charge < -0.3 is 20.1 Å². The Labute approximate surface area is 181 Å². The van der Waals surface area contributed by atoms with Gasteiger partial charge in [-0.05, 0) is 88.1 Å². The zero-order valence-corrected chi connectivity index (χ0v) is 18.9. The smallest absolute Gasteiger partial charge is 0.220 e. The highest BCUT2D eigenvalue weighted by Gasteiger charge is 2.23. The van der Waals surface area contributed by atoms with Crippen LogP contribution in [0.3, 0.4) is 0 Å². The van der Waals surface area contributed by atoms with Gasteiger partial charge in [0.05, 0.1) is 19.3 Å². The van der Waals surface area contributed by atoms with Crippen LogP contribution >= 0.6 is 12.4 Å². The van der Waals surface area contributed by atoms with Crippen LogP contribution in [0.2, 0.25) is 0 Å². The van der Waals surface area contributed by atoms with E-state index in [9.17, 15) is 4.79 Å². The summed E-state index contributed by atoms with van der Waals surface area (Å²) in [7, 11) is 1.67. The van der Waals surface area contributed by atoms with Crippen molar-refractivity contribution in [2.75, 3.05) is 20.2 Å². The van der Waals surface area contributed by atoms with Gasteiger partial charge in [0, 0.05) is 6.42 Å². The minimum atomic E-state index is -0.0536. The molecule has 1 aliphatic heterocycles. The number of halogens is 1. The van der Waals surface area contributed by atoms with E-state index in [0.717, 1.165) is 43.0 Å². The maximum absolute atomic E-state index is 12.5. The standard InChI is InChI=1S/C23H36N2O3.ClH/c1-16(18-10-12-24-13-11-18)14-23(26)25-17(2)19-8-9-21(22(15-19)27-3)28-20-6-4-5-7-20;/h8-9,15-18,20,24H,4-7,10-14H2,1-3H3,(H,25,26);1H. The molecule has 5 nitrogen and oxygen atoms in total. The molecule has 2 atom stereocenters. The zero-order valence-electron chi connectivity index (χ0n) is 18.0. The first kappa shape index (κ1) is 23.8. The molecule has 0 aromatic heterocycles. The first-order chi connectivity index (χ1) is 13.6. The van der Waals surface area contributed by atoms with Crippen molar-refractivity contribution >= 4 is 18.3 Å².